The van der Waals surface area contributed by atoms with Crippen LogP contribution in [0.5, 0.6) is 0 Å². The Morgan fingerprint density at radius 3 is 3.11 bits per heavy atom. The Morgan fingerprint density at radius 1 is 1.33 bits per heavy atom. The molecule has 3 nitrogen and oxygen atoms in total. The average molecular weight is 304 g/mol. The second-order valence-corrected chi connectivity index (χ2v) is 5.94. The van der Waals surface area contributed by atoms with Gasteiger partial charge in [0.2, 0.25) is 0 Å². The number of nitrogens with zero attached hydrogens (tertiary/aromatic N) is 1. The van der Waals surface area contributed by atoms with Crippen LogP contribution in [0.25, 0.3) is 11.3 Å². The van der Waals surface area contributed by atoms with Gasteiger partial charge in [-0.2, -0.15) is 0 Å². The Kier molecular flexibility index (Phi) is 2.35. The van der Waals surface area contributed by atoms with Crippen LogP contribution < -0.4 is 5.32 Å². The van der Waals surface area contributed by atoms with E-state index >= 15 is 0 Å². The van der Waals surface area contributed by atoms with Crippen LogP contribution in [-0.2, 0) is 6.42 Å². The molecule has 0 radical (unpaired) electrons. The lowest BCUT2D eigenvalue weighted by Crippen LogP contribution is -2.09. The number of aromatic nitrogens is 2. The molecule has 0 amide bonds. The number of rotatable bonds is 1. The number of benzene rings is 1. The fraction of sp³-hybridized carbons (Fsp3) is 0.357. The number of hydrogen-bond donors (Lipinski definition) is 2. The van der Waals surface area contributed by atoms with Gasteiger partial charge in [-0.25, -0.2) is 4.98 Å². The highest BCUT2D eigenvalue weighted by Crippen LogP contribution is 2.39. The highest BCUT2D eigenvalue weighted by atomic mass is 79.9. The molecule has 1 atom stereocenters. The van der Waals surface area contributed by atoms with Crippen LogP contribution in [0, 0.1) is 0 Å². The van der Waals surface area contributed by atoms with Crippen molar-refractivity contribution in [3.63, 3.8) is 0 Å². The highest BCUT2D eigenvalue weighted by Gasteiger charge is 2.27. The maximum absolute atomic E-state index is 4.84. The Hall–Kier alpha value is -1.13. The van der Waals surface area contributed by atoms with E-state index in [2.05, 4.69) is 44.4 Å². The van der Waals surface area contributed by atoms with Gasteiger partial charge in [0.1, 0.15) is 5.82 Å². The van der Waals surface area contributed by atoms with Gasteiger partial charge in [0, 0.05) is 34.6 Å². The summed E-state index contributed by atoms with van der Waals surface area (Å²) in [4.78, 5) is 8.38. The number of aromatic amines is 1. The summed E-state index contributed by atoms with van der Waals surface area (Å²) in [6, 6.07) is 6.36. The van der Waals surface area contributed by atoms with E-state index in [9.17, 15) is 0 Å². The molecule has 0 spiro atoms. The largest absolute Gasteiger partial charge is 0.345 e. The van der Waals surface area contributed by atoms with E-state index in [1.165, 1.54) is 27.7 Å². The first kappa shape index (κ1) is 10.8. The molecule has 2 aromatic rings. The fourth-order valence-electron chi connectivity index (χ4n) is 3.00. The van der Waals surface area contributed by atoms with Gasteiger partial charge in [0.05, 0.1) is 5.69 Å². The molecule has 1 unspecified atom stereocenters. The number of H-pyrrole nitrogens is 1. The summed E-state index contributed by atoms with van der Waals surface area (Å²) < 4.78 is 1.19. The fourth-order valence-corrected chi connectivity index (χ4v) is 3.51. The molecule has 1 fully saturated rings. The van der Waals surface area contributed by atoms with Crippen molar-refractivity contribution < 1.29 is 0 Å². The minimum atomic E-state index is 0.561. The Labute approximate surface area is 114 Å². The van der Waals surface area contributed by atoms with Crippen LogP contribution in [0.2, 0.25) is 0 Å². The third-order valence-electron chi connectivity index (χ3n) is 3.97. The second-order valence-electron chi connectivity index (χ2n) is 5.08. The summed E-state index contributed by atoms with van der Waals surface area (Å²) in [6.07, 6.45) is 2.16. The lowest BCUT2D eigenvalue weighted by atomic mass is 10.1. The van der Waals surface area contributed by atoms with Crippen molar-refractivity contribution >= 4 is 15.9 Å². The Bertz CT molecular complexity index is 611. The molecule has 1 aliphatic carbocycles. The van der Waals surface area contributed by atoms with Crippen LogP contribution >= 0.6 is 15.9 Å². The molecule has 92 valence electrons. The van der Waals surface area contributed by atoms with E-state index in [1.807, 2.05) is 0 Å². The van der Waals surface area contributed by atoms with Gasteiger partial charge in [-0.3, -0.25) is 0 Å². The lowest BCUT2D eigenvalue weighted by molar-refractivity contribution is 0.711. The van der Waals surface area contributed by atoms with Crippen molar-refractivity contribution in [3.05, 3.63) is 39.8 Å². The Balaban J connectivity index is 1.79. The zero-order chi connectivity index (χ0) is 12.1. The van der Waals surface area contributed by atoms with Crippen molar-refractivity contribution in [2.24, 2.45) is 0 Å². The predicted octanol–water partition coefficient (Wildman–Crippen LogP) is 2.82. The first-order valence-corrected chi connectivity index (χ1v) is 7.19. The third-order valence-corrected chi connectivity index (χ3v) is 4.71. The topological polar surface area (TPSA) is 40.7 Å². The summed E-state index contributed by atoms with van der Waals surface area (Å²) in [5.74, 6) is 1.72. The van der Waals surface area contributed by atoms with Gasteiger partial charge in [0.25, 0.3) is 0 Å². The van der Waals surface area contributed by atoms with Gasteiger partial charge < -0.3 is 10.3 Å². The van der Waals surface area contributed by atoms with E-state index in [1.54, 1.807) is 0 Å². The van der Waals surface area contributed by atoms with Crippen LogP contribution in [0.4, 0.5) is 0 Å². The lowest BCUT2D eigenvalue weighted by Gasteiger charge is -2.05. The number of fused-ring (bicyclic) bond motifs is 3. The second kappa shape index (κ2) is 3.93. The van der Waals surface area contributed by atoms with E-state index < -0.39 is 0 Å². The van der Waals surface area contributed by atoms with E-state index in [-0.39, 0.29) is 0 Å². The van der Waals surface area contributed by atoms with Crippen molar-refractivity contribution in [3.8, 4) is 11.3 Å². The summed E-state index contributed by atoms with van der Waals surface area (Å²) in [5.41, 5.74) is 5.09. The van der Waals surface area contributed by atoms with Crippen LogP contribution in [0.1, 0.15) is 29.4 Å². The van der Waals surface area contributed by atoms with Gasteiger partial charge in [0.15, 0.2) is 0 Å². The minimum Gasteiger partial charge on any atom is -0.345 e. The van der Waals surface area contributed by atoms with Crippen molar-refractivity contribution in [2.75, 3.05) is 13.1 Å². The van der Waals surface area contributed by atoms with Crippen molar-refractivity contribution in [2.45, 2.75) is 18.8 Å². The van der Waals surface area contributed by atoms with Gasteiger partial charge in [-0.05, 0) is 24.6 Å². The van der Waals surface area contributed by atoms with Gasteiger partial charge >= 0.3 is 0 Å². The van der Waals surface area contributed by atoms with Crippen molar-refractivity contribution in [1.29, 1.82) is 0 Å². The quantitative estimate of drug-likeness (QED) is 0.726. The van der Waals surface area contributed by atoms with Gasteiger partial charge in [-0.15, -0.1) is 0 Å². The zero-order valence-electron chi connectivity index (χ0n) is 9.96. The SMILES string of the molecule is Brc1cccc2c1Cc1[nH]c(C3CCNC3)nc1-2. The molecule has 0 bridgehead atoms. The third kappa shape index (κ3) is 1.49. The molecule has 0 saturated carbocycles. The normalized spacial score (nSPS) is 21.1. The first-order chi connectivity index (χ1) is 8.83. The van der Waals surface area contributed by atoms with Gasteiger partial charge in [-0.1, -0.05) is 28.1 Å². The summed E-state index contributed by atoms with van der Waals surface area (Å²) >= 11 is 3.62. The predicted molar refractivity (Wildman–Crippen MR) is 74.8 cm³/mol. The molecular formula is C14H14BrN3. The molecule has 18 heavy (non-hydrogen) atoms. The molecule has 2 aliphatic rings. The smallest absolute Gasteiger partial charge is 0.111 e. The first-order valence-electron chi connectivity index (χ1n) is 6.40. The average Bonchev–Trinajstić information content (AvgIpc) is 3.03. The van der Waals surface area contributed by atoms with E-state index in [0.29, 0.717) is 5.92 Å². The molecule has 4 heteroatoms. The highest BCUT2D eigenvalue weighted by molar-refractivity contribution is 9.10. The molecule has 1 aromatic heterocycles. The molecule has 1 aliphatic heterocycles. The van der Waals surface area contributed by atoms with Crippen LogP contribution in [-0.4, -0.2) is 23.1 Å². The molecule has 2 N–H and O–H groups in total. The molecule has 2 heterocycles. The molecule has 4 rings (SSSR count). The minimum absolute atomic E-state index is 0.561. The maximum Gasteiger partial charge on any atom is 0.111 e. The molecule has 1 saturated heterocycles. The summed E-state index contributed by atoms with van der Waals surface area (Å²) in [6.45, 7) is 2.16. The standard InChI is InChI=1S/C14H14BrN3/c15-11-3-1-2-9-10(11)6-12-13(9)18-14(17-12)8-4-5-16-7-8/h1-3,8,16H,4-7H2,(H,17,18). The number of hydrogen-bond acceptors (Lipinski definition) is 2. The summed E-state index contributed by atoms with van der Waals surface area (Å²) in [5, 5.41) is 3.40. The molecule has 1 aromatic carbocycles. The van der Waals surface area contributed by atoms with E-state index in [4.69, 9.17) is 4.98 Å². The number of halogens is 1. The van der Waals surface area contributed by atoms with E-state index in [0.717, 1.165) is 31.0 Å². The number of nitrogens with one attached hydrogen (secondary N) is 2. The summed E-state index contributed by atoms with van der Waals surface area (Å²) in [7, 11) is 0. The molecular weight excluding hydrogens is 290 g/mol. The van der Waals surface area contributed by atoms with Crippen LogP contribution in [0.15, 0.2) is 22.7 Å². The maximum atomic E-state index is 4.84. The van der Waals surface area contributed by atoms with Crippen LogP contribution in [0.3, 0.4) is 0 Å². The number of imidazole rings is 1. The monoisotopic (exact) mass is 303 g/mol. The Morgan fingerprint density at radius 2 is 2.28 bits per heavy atom. The van der Waals surface area contributed by atoms with Crippen molar-refractivity contribution in [1.82, 2.24) is 15.3 Å². The zero-order valence-corrected chi connectivity index (χ0v) is 11.5.